The average Bonchev–Trinajstić information content (AvgIpc) is 2.57. The first-order valence-corrected chi connectivity index (χ1v) is 5.49. The van der Waals surface area contributed by atoms with Crippen LogP contribution >= 0.6 is 11.3 Å². The Hall–Kier alpha value is -0.450. The number of thiazole rings is 1. The number of nitrogens with two attached hydrogens (primary N) is 1. The molecule has 0 spiro atoms. The summed E-state index contributed by atoms with van der Waals surface area (Å²) in [6.45, 7) is 5.85. The SMILES string of the molecule is CC(C)C(CN)NCc1cscn1. The van der Waals surface area contributed by atoms with E-state index in [2.05, 4.69) is 29.5 Å². The number of nitrogens with one attached hydrogen (secondary N) is 1. The topological polar surface area (TPSA) is 50.9 Å². The molecule has 1 unspecified atom stereocenters. The van der Waals surface area contributed by atoms with Gasteiger partial charge in [-0.25, -0.2) is 4.98 Å². The van der Waals surface area contributed by atoms with E-state index in [9.17, 15) is 0 Å². The van der Waals surface area contributed by atoms with E-state index in [-0.39, 0.29) is 0 Å². The summed E-state index contributed by atoms with van der Waals surface area (Å²) < 4.78 is 0. The van der Waals surface area contributed by atoms with E-state index in [1.54, 1.807) is 11.3 Å². The molecular formula is C9H17N3S. The van der Waals surface area contributed by atoms with Crippen LogP contribution in [0.2, 0.25) is 0 Å². The van der Waals surface area contributed by atoms with E-state index < -0.39 is 0 Å². The molecule has 1 rings (SSSR count). The smallest absolute Gasteiger partial charge is 0.0795 e. The second-order valence-corrected chi connectivity index (χ2v) is 4.17. The summed E-state index contributed by atoms with van der Waals surface area (Å²) in [4.78, 5) is 4.20. The molecule has 0 aliphatic heterocycles. The molecule has 1 aromatic heterocycles. The summed E-state index contributed by atoms with van der Waals surface area (Å²) in [5.74, 6) is 0.573. The van der Waals surface area contributed by atoms with E-state index in [1.165, 1.54) is 0 Å². The van der Waals surface area contributed by atoms with Crippen LogP contribution in [-0.2, 0) is 6.54 Å². The quantitative estimate of drug-likeness (QED) is 0.749. The predicted octanol–water partition coefficient (Wildman–Crippen LogP) is 1.22. The lowest BCUT2D eigenvalue weighted by Gasteiger charge is -2.19. The van der Waals surface area contributed by atoms with Crippen LogP contribution in [0.25, 0.3) is 0 Å². The Morgan fingerprint density at radius 3 is 2.85 bits per heavy atom. The van der Waals surface area contributed by atoms with Gasteiger partial charge in [-0.3, -0.25) is 0 Å². The van der Waals surface area contributed by atoms with Crippen LogP contribution < -0.4 is 11.1 Å². The fourth-order valence-electron chi connectivity index (χ4n) is 1.15. The molecule has 13 heavy (non-hydrogen) atoms. The molecule has 0 fully saturated rings. The van der Waals surface area contributed by atoms with Gasteiger partial charge in [0.15, 0.2) is 0 Å². The minimum atomic E-state index is 0.390. The van der Waals surface area contributed by atoms with Crippen molar-refractivity contribution in [3.8, 4) is 0 Å². The first-order valence-electron chi connectivity index (χ1n) is 4.54. The van der Waals surface area contributed by atoms with Crippen LogP contribution in [0.4, 0.5) is 0 Å². The van der Waals surface area contributed by atoms with E-state index in [4.69, 9.17) is 5.73 Å². The normalized spacial score (nSPS) is 13.5. The van der Waals surface area contributed by atoms with Crippen molar-refractivity contribution in [3.05, 3.63) is 16.6 Å². The number of hydrogen-bond acceptors (Lipinski definition) is 4. The minimum absolute atomic E-state index is 0.390. The van der Waals surface area contributed by atoms with Gasteiger partial charge in [0.05, 0.1) is 11.2 Å². The van der Waals surface area contributed by atoms with Crippen molar-refractivity contribution < 1.29 is 0 Å². The number of aromatic nitrogens is 1. The van der Waals surface area contributed by atoms with Crippen LogP contribution in [-0.4, -0.2) is 17.6 Å². The largest absolute Gasteiger partial charge is 0.329 e. The van der Waals surface area contributed by atoms with Gasteiger partial charge in [-0.1, -0.05) is 13.8 Å². The molecule has 0 saturated heterocycles. The van der Waals surface area contributed by atoms with Gasteiger partial charge in [0.2, 0.25) is 0 Å². The van der Waals surface area contributed by atoms with Crippen molar-refractivity contribution in [1.29, 1.82) is 0 Å². The summed E-state index contributed by atoms with van der Waals surface area (Å²) in [6, 6.07) is 0.390. The molecule has 74 valence electrons. The Bertz CT molecular complexity index is 221. The minimum Gasteiger partial charge on any atom is -0.329 e. The summed E-state index contributed by atoms with van der Waals surface area (Å²) in [6.07, 6.45) is 0. The molecule has 3 N–H and O–H groups in total. The van der Waals surface area contributed by atoms with Gasteiger partial charge in [-0.15, -0.1) is 11.3 Å². The molecule has 0 radical (unpaired) electrons. The van der Waals surface area contributed by atoms with E-state index >= 15 is 0 Å². The predicted molar refractivity (Wildman–Crippen MR) is 56.6 cm³/mol. The third-order valence-electron chi connectivity index (χ3n) is 2.09. The summed E-state index contributed by atoms with van der Waals surface area (Å²) >= 11 is 1.62. The Labute approximate surface area is 83.4 Å². The summed E-state index contributed by atoms with van der Waals surface area (Å²) in [7, 11) is 0. The van der Waals surface area contributed by atoms with Gasteiger partial charge in [-0.2, -0.15) is 0 Å². The van der Waals surface area contributed by atoms with Crippen LogP contribution in [0, 0.1) is 5.92 Å². The van der Waals surface area contributed by atoms with Gasteiger partial charge in [-0.05, 0) is 5.92 Å². The van der Waals surface area contributed by atoms with Crippen molar-refractivity contribution in [2.45, 2.75) is 26.4 Å². The zero-order chi connectivity index (χ0) is 9.68. The molecule has 0 amide bonds. The number of hydrogen-bond donors (Lipinski definition) is 2. The Morgan fingerprint density at radius 1 is 1.62 bits per heavy atom. The maximum Gasteiger partial charge on any atom is 0.0795 e. The second kappa shape index (κ2) is 5.32. The Morgan fingerprint density at radius 2 is 2.38 bits per heavy atom. The first kappa shape index (κ1) is 10.6. The monoisotopic (exact) mass is 199 g/mol. The maximum absolute atomic E-state index is 5.63. The van der Waals surface area contributed by atoms with Crippen molar-refractivity contribution in [2.75, 3.05) is 6.54 Å². The Balaban J connectivity index is 2.32. The zero-order valence-electron chi connectivity index (χ0n) is 8.16. The maximum atomic E-state index is 5.63. The van der Waals surface area contributed by atoms with Crippen molar-refractivity contribution in [2.24, 2.45) is 11.7 Å². The molecule has 1 atom stereocenters. The van der Waals surface area contributed by atoms with Crippen molar-refractivity contribution in [1.82, 2.24) is 10.3 Å². The third-order valence-corrected chi connectivity index (χ3v) is 2.72. The molecule has 1 aromatic rings. The van der Waals surface area contributed by atoms with Gasteiger partial charge < -0.3 is 11.1 Å². The molecule has 1 heterocycles. The highest BCUT2D eigenvalue weighted by atomic mass is 32.1. The van der Waals surface area contributed by atoms with Crippen LogP contribution in [0.15, 0.2) is 10.9 Å². The second-order valence-electron chi connectivity index (χ2n) is 3.45. The highest BCUT2D eigenvalue weighted by Crippen LogP contribution is 2.03. The van der Waals surface area contributed by atoms with Crippen LogP contribution in [0.1, 0.15) is 19.5 Å². The summed E-state index contributed by atoms with van der Waals surface area (Å²) in [5, 5.41) is 5.45. The van der Waals surface area contributed by atoms with Gasteiger partial charge in [0.1, 0.15) is 0 Å². The average molecular weight is 199 g/mol. The zero-order valence-corrected chi connectivity index (χ0v) is 8.97. The van der Waals surface area contributed by atoms with E-state index in [1.807, 2.05) is 5.51 Å². The highest BCUT2D eigenvalue weighted by Gasteiger charge is 2.10. The van der Waals surface area contributed by atoms with Crippen molar-refractivity contribution >= 4 is 11.3 Å². The standard InChI is InChI=1S/C9H17N3S/c1-7(2)9(3-10)11-4-8-5-13-6-12-8/h5-7,9,11H,3-4,10H2,1-2H3. The molecule has 0 bridgehead atoms. The lowest BCUT2D eigenvalue weighted by atomic mass is 10.1. The number of rotatable bonds is 5. The summed E-state index contributed by atoms with van der Waals surface area (Å²) in [5.41, 5.74) is 8.58. The van der Waals surface area contributed by atoms with Crippen LogP contribution in [0.3, 0.4) is 0 Å². The molecule has 4 heteroatoms. The Kier molecular flexibility index (Phi) is 4.35. The van der Waals surface area contributed by atoms with E-state index in [0.29, 0.717) is 18.5 Å². The highest BCUT2D eigenvalue weighted by molar-refractivity contribution is 7.07. The van der Waals surface area contributed by atoms with Gasteiger partial charge >= 0.3 is 0 Å². The first-order chi connectivity index (χ1) is 6.24. The fraction of sp³-hybridized carbons (Fsp3) is 0.667. The lowest BCUT2D eigenvalue weighted by molar-refractivity contribution is 0.403. The fourth-order valence-corrected chi connectivity index (χ4v) is 1.71. The van der Waals surface area contributed by atoms with Crippen molar-refractivity contribution in [3.63, 3.8) is 0 Å². The molecule has 0 aliphatic rings. The molecule has 0 aromatic carbocycles. The third kappa shape index (κ3) is 3.42. The molecule has 3 nitrogen and oxygen atoms in total. The van der Waals surface area contributed by atoms with Gasteiger partial charge in [0.25, 0.3) is 0 Å². The lowest BCUT2D eigenvalue weighted by Crippen LogP contribution is -2.39. The molecular weight excluding hydrogens is 182 g/mol. The molecule has 0 saturated carbocycles. The van der Waals surface area contributed by atoms with Crippen LogP contribution in [0.5, 0.6) is 0 Å². The van der Waals surface area contributed by atoms with Gasteiger partial charge in [0, 0.05) is 24.5 Å². The molecule has 0 aliphatic carbocycles. The number of nitrogens with zero attached hydrogens (tertiary/aromatic N) is 1. The van der Waals surface area contributed by atoms with E-state index in [0.717, 1.165) is 12.2 Å².